The Bertz CT molecular complexity index is 1040. The van der Waals surface area contributed by atoms with Crippen LogP contribution in [-0.2, 0) is 0 Å². The molecule has 0 amide bonds. The van der Waals surface area contributed by atoms with E-state index in [9.17, 15) is 19.1 Å². The van der Waals surface area contributed by atoms with Crippen LogP contribution in [0, 0.1) is 5.82 Å². The summed E-state index contributed by atoms with van der Waals surface area (Å²) in [5, 5.41) is 9.34. The lowest BCUT2D eigenvalue weighted by atomic mass is 10.1. The van der Waals surface area contributed by atoms with Crippen LogP contribution in [0.2, 0.25) is 0 Å². The van der Waals surface area contributed by atoms with Crippen LogP contribution in [0.4, 0.5) is 10.1 Å². The third kappa shape index (κ3) is 2.45. The second-order valence-corrected chi connectivity index (χ2v) is 6.23. The number of aromatic carboxylic acids is 1. The van der Waals surface area contributed by atoms with Gasteiger partial charge in [-0.1, -0.05) is 0 Å². The number of hydrogen-bond acceptors (Lipinski definition) is 5. The molecule has 0 atom stereocenters. The molecule has 2 aliphatic rings. The molecular formula is C18H16FN3O4. The van der Waals surface area contributed by atoms with Gasteiger partial charge in [0.25, 0.3) is 0 Å². The third-order valence-corrected chi connectivity index (χ3v) is 4.58. The second-order valence-electron chi connectivity index (χ2n) is 6.23. The van der Waals surface area contributed by atoms with Gasteiger partial charge in [-0.3, -0.25) is 9.79 Å². The number of methoxy groups -OCH3 is 1. The van der Waals surface area contributed by atoms with E-state index in [0.717, 1.165) is 18.9 Å². The van der Waals surface area contributed by atoms with Crippen molar-refractivity contribution in [3.63, 3.8) is 0 Å². The summed E-state index contributed by atoms with van der Waals surface area (Å²) in [6.07, 6.45) is 7.85. The Morgan fingerprint density at radius 3 is 2.77 bits per heavy atom. The van der Waals surface area contributed by atoms with Crippen LogP contribution in [0.3, 0.4) is 0 Å². The minimum Gasteiger partial charge on any atom is -0.492 e. The molecule has 1 saturated carbocycles. The first-order chi connectivity index (χ1) is 12.5. The fourth-order valence-corrected chi connectivity index (χ4v) is 3.24. The number of aliphatic imine (C=N–C) groups is 1. The van der Waals surface area contributed by atoms with Crippen molar-refractivity contribution in [2.45, 2.75) is 18.9 Å². The number of nitrogens with zero attached hydrogens (tertiary/aromatic N) is 3. The quantitative estimate of drug-likeness (QED) is 0.909. The van der Waals surface area contributed by atoms with Crippen LogP contribution in [-0.4, -0.2) is 35.5 Å². The summed E-state index contributed by atoms with van der Waals surface area (Å²) in [6, 6.07) is 1.17. The highest BCUT2D eigenvalue weighted by atomic mass is 19.1. The van der Waals surface area contributed by atoms with E-state index < -0.39 is 17.2 Å². The van der Waals surface area contributed by atoms with Crippen molar-refractivity contribution in [1.29, 1.82) is 0 Å². The molecule has 8 heteroatoms. The Hall–Kier alpha value is -3.16. The fraction of sp³-hybridized carbons (Fsp3) is 0.278. The standard InChI is InChI=1S/C18H16FN3O4/c1-26-17-14-11(8-13(19)15(17)21-6-4-20-5-7-21)16(23)12(18(24)25)9-22(14)10-2-3-10/h4-6,8-10H,2-3,7H2,1H3,(H,24,25). The van der Waals surface area contributed by atoms with E-state index in [2.05, 4.69) is 4.99 Å². The Labute approximate surface area is 147 Å². The first-order valence-corrected chi connectivity index (χ1v) is 8.16. The number of aromatic nitrogens is 1. The zero-order valence-corrected chi connectivity index (χ0v) is 14.0. The van der Waals surface area contributed by atoms with E-state index in [1.54, 1.807) is 21.9 Å². The summed E-state index contributed by atoms with van der Waals surface area (Å²) in [5.74, 6) is -1.78. The van der Waals surface area contributed by atoms with Gasteiger partial charge in [-0.05, 0) is 18.9 Å². The van der Waals surface area contributed by atoms with E-state index >= 15 is 0 Å². The van der Waals surface area contributed by atoms with Gasteiger partial charge >= 0.3 is 5.97 Å². The van der Waals surface area contributed by atoms with Crippen molar-refractivity contribution in [1.82, 2.24) is 4.57 Å². The zero-order valence-electron chi connectivity index (χ0n) is 14.0. The summed E-state index contributed by atoms with van der Waals surface area (Å²) in [5.41, 5.74) is -0.482. The molecule has 1 aromatic heterocycles. The van der Waals surface area contributed by atoms with Gasteiger partial charge in [0.05, 0.1) is 24.6 Å². The van der Waals surface area contributed by atoms with Crippen LogP contribution in [0.5, 0.6) is 5.75 Å². The van der Waals surface area contributed by atoms with Crippen LogP contribution >= 0.6 is 0 Å². The molecule has 0 radical (unpaired) electrons. The van der Waals surface area contributed by atoms with Crippen molar-refractivity contribution in [3.8, 4) is 5.75 Å². The molecule has 1 aromatic carbocycles. The summed E-state index contributed by atoms with van der Waals surface area (Å²) < 4.78 is 22.1. The Kier molecular flexibility index (Phi) is 3.75. The number of carboxylic acids is 1. The smallest absolute Gasteiger partial charge is 0.341 e. The SMILES string of the molecule is COc1c(N2C=CN=CC2)c(F)cc2c(=O)c(C(=O)O)cn(C3CC3)c12. The highest BCUT2D eigenvalue weighted by Gasteiger charge is 2.31. The van der Waals surface area contributed by atoms with E-state index in [0.29, 0.717) is 12.1 Å². The van der Waals surface area contributed by atoms with E-state index in [-0.39, 0.29) is 28.4 Å². The van der Waals surface area contributed by atoms with Crippen molar-refractivity contribution >= 4 is 28.8 Å². The third-order valence-electron chi connectivity index (χ3n) is 4.58. The maximum Gasteiger partial charge on any atom is 0.341 e. The molecule has 1 aliphatic carbocycles. The maximum absolute atomic E-state index is 14.9. The minimum absolute atomic E-state index is 0.00422. The molecule has 2 aromatic rings. The number of halogens is 1. The minimum atomic E-state index is -1.33. The number of anilines is 1. The number of carboxylic acid groups (broad SMARTS) is 1. The van der Waals surface area contributed by atoms with Gasteiger partial charge < -0.3 is 19.3 Å². The van der Waals surface area contributed by atoms with Gasteiger partial charge in [0.15, 0.2) is 11.6 Å². The first kappa shape index (κ1) is 16.3. The van der Waals surface area contributed by atoms with Gasteiger partial charge in [0.2, 0.25) is 5.43 Å². The molecule has 0 spiro atoms. The Morgan fingerprint density at radius 1 is 1.42 bits per heavy atom. The number of rotatable bonds is 4. The van der Waals surface area contributed by atoms with Crippen LogP contribution in [0.1, 0.15) is 29.2 Å². The largest absolute Gasteiger partial charge is 0.492 e. The lowest BCUT2D eigenvalue weighted by Gasteiger charge is -2.25. The second kappa shape index (κ2) is 5.98. The van der Waals surface area contributed by atoms with Crippen LogP contribution in [0.15, 0.2) is 34.5 Å². The molecular weight excluding hydrogens is 341 g/mol. The number of hydrogen-bond donors (Lipinski definition) is 1. The average Bonchev–Trinajstić information content (AvgIpc) is 3.47. The van der Waals surface area contributed by atoms with Gasteiger partial charge in [-0.2, -0.15) is 0 Å². The van der Waals surface area contributed by atoms with Crippen molar-refractivity contribution in [2.24, 2.45) is 4.99 Å². The summed E-state index contributed by atoms with van der Waals surface area (Å²) in [7, 11) is 1.41. The van der Waals surface area contributed by atoms with E-state index in [1.165, 1.54) is 19.5 Å². The number of ether oxygens (including phenoxy) is 1. The molecule has 1 fully saturated rings. The summed E-state index contributed by atoms with van der Waals surface area (Å²) in [6.45, 7) is 0.357. The van der Waals surface area contributed by atoms with Crippen molar-refractivity contribution < 1.29 is 19.0 Å². The predicted molar refractivity (Wildman–Crippen MR) is 94.9 cm³/mol. The normalized spacial score (nSPS) is 16.3. The molecule has 4 rings (SSSR count). The fourth-order valence-electron chi connectivity index (χ4n) is 3.24. The maximum atomic E-state index is 14.9. The predicted octanol–water partition coefficient (Wildman–Crippen LogP) is 2.54. The number of pyridine rings is 1. The van der Waals surface area contributed by atoms with Crippen molar-refractivity contribution in [3.05, 3.63) is 46.3 Å². The first-order valence-electron chi connectivity index (χ1n) is 8.16. The highest BCUT2D eigenvalue weighted by molar-refractivity contribution is 5.97. The molecule has 0 unspecified atom stereocenters. The molecule has 0 bridgehead atoms. The molecule has 1 aliphatic heterocycles. The van der Waals surface area contributed by atoms with E-state index in [4.69, 9.17) is 4.74 Å². The average molecular weight is 357 g/mol. The molecule has 134 valence electrons. The summed E-state index contributed by atoms with van der Waals surface area (Å²) >= 11 is 0. The van der Waals surface area contributed by atoms with Gasteiger partial charge in [-0.15, -0.1) is 0 Å². The Morgan fingerprint density at radius 2 is 2.19 bits per heavy atom. The van der Waals surface area contributed by atoms with Gasteiger partial charge in [0, 0.05) is 30.9 Å². The molecule has 26 heavy (non-hydrogen) atoms. The molecule has 0 saturated heterocycles. The number of carbonyl (C=O) groups is 1. The lowest BCUT2D eigenvalue weighted by molar-refractivity contribution is 0.0695. The summed E-state index contributed by atoms with van der Waals surface area (Å²) in [4.78, 5) is 29.7. The number of fused-ring (bicyclic) bond motifs is 1. The number of benzene rings is 1. The highest BCUT2D eigenvalue weighted by Crippen LogP contribution is 2.43. The molecule has 7 nitrogen and oxygen atoms in total. The molecule has 2 heterocycles. The van der Waals surface area contributed by atoms with Crippen LogP contribution in [0.25, 0.3) is 10.9 Å². The van der Waals surface area contributed by atoms with Crippen LogP contribution < -0.4 is 15.1 Å². The van der Waals surface area contributed by atoms with Gasteiger partial charge in [0.1, 0.15) is 11.3 Å². The molecule has 1 N–H and O–H groups in total. The lowest BCUT2D eigenvalue weighted by Crippen LogP contribution is -2.24. The zero-order chi connectivity index (χ0) is 18.4. The Balaban J connectivity index is 2.09. The van der Waals surface area contributed by atoms with E-state index in [1.807, 2.05) is 0 Å². The van der Waals surface area contributed by atoms with Gasteiger partial charge in [-0.25, -0.2) is 9.18 Å². The monoisotopic (exact) mass is 357 g/mol. The topological polar surface area (TPSA) is 84.1 Å². The van der Waals surface area contributed by atoms with Crippen molar-refractivity contribution in [2.75, 3.05) is 18.6 Å².